The van der Waals surface area contributed by atoms with Crippen LogP contribution in [0.15, 0.2) is 41.3 Å². The van der Waals surface area contributed by atoms with E-state index in [9.17, 15) is 27.3 Å². The molecule has 10 heteroatoms. The molecule has 0 saturated carbocycles. The minimum Gasteiger partial charge on any atom is -0.277 e. The second-order valence-electron chi connectivity index (χ2n) is 4.10. The predicted molar refractivity (Wildman–Crippen MR) is 75.3 cm³/mol. The molecule has 0 saturated heterocycles. The lowest BCUT2D eigenvalue weighted by atomic mass is 10.3. The highest BCUT2D eigenvalue weighted by molar-refractivity contribution is 7.92. The number of sulfonamides is 1. The smallest absolute Gasteiger partial charge is 0.277 e. The third kappa shape index (κ3) is 3.31. The van der Waals surface area contributed by atoms with Crippen molar-refractivity contribution in [2.75, 3.05) is 4.72 Å². The van der Waals surface area contributed by atoms with Crippen LogP contribution in [-0.2, 0) is 10.0 Å². The summed E-state index contributed by atoms with van der Waals surface area (Å²) in [6.45, 7) is 0. The molecule has 6 nitrogen and oxygen atoms in total. The van der Waals surface area contributed by atoms with Crippen LogP contribution < -0.4 is 4.72 Å². The molecule has 2 aromatic rings. The maximum Gasteiger partial charge on any atom is 0.306 e. The zero-order valence-corrected chi connectivity index (χ0v) is 12.2. The number of nitro benzene ring substituents is 1. The summed E-state index contributed by atoms with van der Waals surface area (Å²) in [6.07, 6.45) is 0. The van der Waals surface area contributed by atoms with Crippen molar-refractivity contribution >= 4 is 33.0 Å². The summed E-state index contributed by atoms with van der Waals surface area (Å²) >= 11 is 5.64. The van der Waals surface area contributed by atoms with E-state index < -0.39 is 42.9 Å². The molecule has 0 heterocycles. The van der Waals surface area contributed by atoms with Crippen molar-refractivity contribution < 1.29 is 22.1 Å². The van der Waals surface area contributed by atoms with Gasteiger partial charge in [0.15, 0.2) is 0 Å². The molecule has 2 aromatic carbocycles. The van der Waals surface area contributed by atoms with Crippen LogP contribution in [0.25, 0.3) is 0 Å². The van der Waals surface area contributed by atoms with Crippen molar-refractivity contribution in [2.45, 2.75) is 4.90 Å². The van der Waals surface area contributed by atoms with Gasteiger partial charge in [0, 0.05) is 11.1 Å². The molecule has 1 N–H and O–H groups in total. The number of nitro groups is 1. The molecule has 0 aliphatic rings. The molecule has 2 rings (SSSR count). The minimum absolute atomic E-state index is 0.0872. The largest absolute Gasteiger partial charge is 0.306 e. The summed E-state index contributed by atoms with van der Waals surface area (Å²) in [5.74, 6) is -2.07. The van der Waals surface area contributed by atoms with Gasteiger partial charge in [-0.15, -0.1) is 0 Å². The Morgan fingerprint density at radius 2 is 1.73 bits per heavy atom. The lowest BCUT2D eigenvalue weighted by molar-refractivity contribution is -0.387. The molecule has 116 valence electrons. The van der Waals surface area contributed by atoms with E-state index in [1.165, 1.54) is 6.07 Å². The first-order valence-corrected chi connectivity index (χ1v) is 7.48. The third-order valence-electron chi connectivity index (χ3n) is 2.60. The average Bonchev–Trinajstić information content (AvgIpc) is 2.42. The van der Waals surface area contributed by atoms with Crippen molar-refractivity contribution in [2.24, 2.45) is 0 Å². The zero-order chi connectivity index (χ0) is 16.5. The third-order valence-corrected chi connectivity index (χ3v) is 4.20. The number of halogens is 3. The minimum atomic E-state index is -4.35. The first-order valence-electron chi connectivity index (χ1n) is 5.62. The fourth-order valence-corrected chi connectivity index (χ4v) is 2.83. The molecule has 0 atom stereocenters. The van der Waals surface area contributed by atoms with Gasteiger partial charge in [-0.2, -0.15) is 4.39 Å². The van der Waals surface area contributed by atoms with E-state index in [1.54, 1.807) is 0 Å². The normalized spacial score (nSPS) is 11.2. The number of nitrogens with one attached hydrogen (secondary N) is 1. The fourth-order valence-electron chi connectivity index (χ4n) is 1.58. The highest BCUT2D eigenvalue weighted by Crippen LogP contribution is 2.25. The van der Waals surface area contributed by atoms with Crippen LogP contribution in [0, 0.1) is 21.7 Å². The molecule has 0 aliphatic carbocycles. The first-order chi connectivity index (χ1) is 10.2. The van der Waals surface area contributed by atoms with Gasteiger partial charge in [0.1, 0.15) is 5.82 Å². The maximum absolute atomic E-state index is 13.5. The molecule has 0 fully saturated rings. The van der Waals surface area contributed by atoms with Crippen molar-refractivity contribution in [3.63, 3.8) is 0 Å². The highest BCUT2D eigenvalue weighted by atomic mass is 35.5. The molecule has 0 unspecified atom stereocenters. The fraction of sp³-hybridized carbons (Fsp3) is 0. The number of hydrogen-bond acceptors (Lipinski definition) is 4. The van der Waals surface area contributed by atoms with E-state index in [0.717, 1.165) is 18.2 Å². The first kappa shape index (κ1) is 16.1. The van der Waals surface area contributed by atoms with E-state index >= 15 is 0 Å². The molecule has 0 amide bonds. The number of hydrogen-bond donors (Lipinski definition) is 1. The second kappa shape index (κ2) is 5.85. The molecule has 0 aliphatic heterocycles. The molecular weight excluding hydrogens is 342 g/mol. The number of rotatable bonds is 4. The van der Waals surface area contributed by atoms with Crippen molar-refractivity contribution in [1.29, 1.82) is 0 Å². The van der Waals surface area contributed by atoms with Gasteiger partial charge >= 0.3 is 5.69 Å². The van der Waals surface area contributed by atoms with Gasteiger partial charge < -0.3 is 0 Å². The summed E-state index contributed by atoms with van der Waals surface area (Å²) in [5.41, 5.74) is -1.44. The summed E-state index contributed by atoms with van der Waals surface area (Å²) in [6, 6.07) is 5.21. The Labute approximate surface area is 128 Å². The predicted octanol–water partition coefficient (Wildman–Crippen LogP) is 3.33. The lowest BCUT2D eigenvalue weighted by Gasteiger charge is -2.09. The molecular formula is C12H7ClF2N2O4S. The van der Waals surface area contributed by atoms with Gasteiger partial charge in [-0.05, 0) is 30.3 Å². The van der Waals surface area contributed by atoms with Crippen LogP contribution in [0.3, 0.4) is 0 Å². The Bertz CT molecular complexity index is 858. The second-order valence-corrected chi connectivity index (χ2v) is 6.22. The summed E-state index contributed by atoms with van der Waals surface area (Å²) < 4.78 is 52.8. The van der Waals surface area contributed by atoms with Gasteiger partial charge in [0.05, 0.1) is 15.5 Å². The summed E-state index contributed by atoms with van der Waals surface area (Å²) in [5, 5.41) is 10.7. The van der Waals surface area contributed by atoms with E-state index in [-0.39, 0.29) is 5.02 Å². The topological polar surface area (TPSA) is 89.3 Å². The standard InChI is InChI=1S/C12H7ClF2N2O4S/c13-7-1-3-9(14)11(5-7)16-22(20,21)8-2-4-10(15)12(6-8)17(18)19/h1-6,16H. The quantitative estimate of drug-likeness (QED) is 0.678. The van der Waals surface area contributed by atoms with Crippen LogP contribution in [-0.4, -0.2) is 13.3 Å². The van der Waals surface area contributed by atoms with Crippen LogP contribution >= 0.6 is 11.6 Å². The lowest BCUT2D eigenvalue weighted by Crippen LogP contribution is -2.14. The van der Waals surface area contributed by atoms with Gasteiger partial charge in [-0.25, -0.2) is 12.8 Å². The molecule has 22 heavy (non-hydrogen) atoms. The SMILES string of the molecule is O=[N+]([O-])c1cc(S(=O)(=O)Nc2cc(Cl)ccc2F)ccc1F. The van der Waals surface area contributed by atoms with Crippen LogP contribution in [0.5, 0.6) is 0 Å². The Kier molecular flexibility index (Phi) is 4.29. The summed E-state index contributed by atoms with van der Waals surface area (Å²) in [4.78, 5) is 8.99. The number of anilines is 1. The number of benzene rings is 2. The Balaban J connectivity index is 2.45. The Hall–Kier alpha value is -2.26. The van der Waals surface area contributed by atoms with Crippen LogP contribution in [0.2, 0.25) is 5.02 Å². The Morgan fingerprint density at radius 3 is 2.36 bits per heavy atom. The van der Waals surface area contributed by atoms with Crippen LogP contribution in [0.4, 0.5) is 20.2 Å². The zero-order valence-electron chi connectivity index (χ0n) is 10.6. The number of nitrogens with zero attached hydrogens (tertiary/aromatic N) is 1. The monoisotopic (exact) mass is 348 g/mol. The van der Waals surface area contributed by atoms with Gasteiger partial charge in [-0.1, -0.05) is 11.6 Å². The van der Waals surface area contributed by atoms with Crippen molar-refractivity contribution in [3.8, 4) is 0 Å². The maximum atomic E-state index is 13.5. The van der Waals surface area contributed by atoms with Crippen molar-refractivity contribution in [3.05, 3.63) is 63.2 Å². The molecule has 0 spiro atoms. The average molecular weight is 349 g/mol. The van der Waals surface area contributed by atoms with Crippen molar-refractivity contribution in [1.82, 2.24) is 0 Å². The van der Waals surface area contributed by atoms with Gasteiger partial charge in [0.25, 0.3) is 10.0 Å². The van der Waals surface area contributed by atoms with Gasteiger partial charge in [0.2, 0.25) is 5.82 Å². The van der Waals surface area contributed by atoms with Gasteiger partial charge in [-0.3, -0.25) is 14.8 Å². The van der Waals surface area contributed by atoms with E-state index in [4.69, 9.17) is 11.6 Å². The molecule has 0 bridgehead atoms. The van der Waals surface area contributed by atoms with E-state index in [2.05, 4.69) is 0 Å². The van der Waals surface area contributed by atoms with Crippen LogP contribution in [0.1, 0.15) is 0 Å². The molecule has 0 radical (unpaired) electrons. The molecule has 0 aromatic heterocycles. The van der Waals surface area contributed by atoms with E-state index in [1.807, 2.05) is 4.72 Å². The highest BCUT2D eigenvalue weighted by Gasteiger charge is 2.22. The summed E-state index contributed by atoms with van der Waals surface area (Å²) in [7, 11) is -4.35. The van der Waals surface area contributed by atoms with E-state index in [0.29, 0.717) is 12.1 Å². The Morgan fingerprint density at radius 1 is 1.09 bits per heavy atom.